The number of ether oxygens (including phenoxy) is 3. The molecule has 74 heavy (non-hydrogen) atoms. The number of nitrogens with one attached hydrogen (secondary N) is 4. The zero-order chi connectivity index (χ0) is 55.9. The van der Waals surface area contributed by atoms with Gasteiger partial charge in [0, 0.05) is 55.5 Å². The molecule has 4 atom stereocenters. The van der Waals surface area contributed by atoms with E-state index in [4.69, 9.17) is 19.9 Å². The average molecular weight is 1040 g/mol. The average Bonchev–Trinajstić information content (AvgIpc) is 3.65. The van der Waals surface area contributed by atoms with Gasteiger partial charge in [-0.05, 0) is 110 Å². The number of aliphatic hydroxyl groups excluding tert-OH is 1. The Morgan fingerprint density at radius 3 is 1.91 bits per heavy atom. The van der Waals surface area contributed by atoms with Crippen molar-refractivity contribution >= 4 is 47.6 Å². The molecule has 0 aliphatic rings. The van der Waals surface area contributed by atoms with Gasteiger partial charge in [-0.2, -0.15) is 0 Å². The third-order valence-corrected chi connectivity index (χ3v) is 10.7. The Kier molecular flexibility index (Phi) is 21.9. The predicted octanol–water partition coefficient (Wildman–Crippen LogP) is 5.49. The first-order valence-electron chi connectivity index (χ1n) is 24.4. The summed E-state index contributed by atoms with van der Waals surface area (Å²) >= 11 is 0. The van der Waals surface area contributed by atoms with Crippen LogP contribution in [0.3, 0.4) is 0 Å². The molecule has 2 aromatic carbocycles. The molecule has 0 spiro atoms. The second kappa shape index (κ2) is 26.4. The fourth-order valence-corrected chi connectivity index (χ4v) is 7.74. The van der Waals surface area contributed by atoms with Crippen LogP contribution in [0.2, 0.25) is 0 Å². The summed E-state index contributed by atoms with van der Waals surface area (Å²) in [4.78, 5) is 108. The normalized spacial score (nSPS) is 13.6. The van der Waals surface area contributed by atoms with Crippen LogP contribution in [-0.4, -0.2) is 117 Å². The fraction of sp³-hybridized carbons (Fsp3) is 0.547. The van der Waals surface area contributed by atoms with Gasteiger partial charge in [0.05, 0.1) is 12.5 Å². The molecule has 21 heteroatoms. The second-order valence-electron chi connectivity index (χ2n) is 21.9. The molecule has 0 aliphatic carbocycles. The molecule has 408 valence electrons. The van der Waals surface area contributed by atoms with Crippen molar-refractivity contribution in [2.75, 3.05) is 19.7 Å². The lowest BCUT2D eigenvalue weighted by Gasteiger charge is -2.41. The number of hydrogen-bond acceptors (Lipinski definition) is 12. The second-order valence-corrected chi connectivity index (χ2v) is 21.9. The summed E-state index contributed by atoms with van der Waals surface area (Å²) in [5, 5.41) is 20.4. The number of rotatable bonds is 23. The van der Waals surface area contributed by atoms with Crippen molar-refractivity contribution in [1.82, 2.24) is 30.7 Å². The summed E-state index contributed by atoms with van der Waals surface area (Å²) in [7, 11) is 0. The minimum absolute atomic E-state index is 0.0504. The highest BCUT2D eigenvalue weighted by Gasteiger charge is 2.39. The molecule has 3 aromatic rings. The molecule has 0 saturated carbocycles. The molecule has 0 radical (unpaired) electrons. The van der Waals surface area contributed by atoms with Crippen molar-refractivity contribution in [2.45, 2.75) is 163 Å². The maximum absolute atomic E-state index is 15.4. The first-order chi connectivity index (χ1) is 34.2. The van der Waals surface area contributed by atoms with Crippen molar-refractivity contribution in [3.05, 3.63) is 83.7 Å². The summed E-state index contributed by atoms with van der Waals surface area (Å²) in [6.07, 6.45) is -1.38. The largest absolute Gasteiger partial charge is 0.460 e. The number of aromatic nitrogens is 1. The minimum atomic E-state index is -1.66. The smallest absolute Gasteiger partial charge is 0.408 e. The Labute approximate surface area is 432 Å². The molecule has 1 aromatic heterocycles. The lowest BCUT2D eigenvalue weighted by Crippen LogP contribution is -2.56. The molecule has 6 amide bonds. The van der Waals surface area contributed by atoms with Gasteiger partial charge in [0.1, 0.15) is 53.2 Å². The quantitative estimate of drug-likeness (QED) is 0.0509. The Morgan fingerprint density at radius 1 is 0.716 bits per heavy atom. The van der Waals surface area contributed by atoms with Crippen LogP contribution in [0.5, 0.6) is 0 Å². The summed E-state index contributed by atoms with van der Waals surface area (Å²) in [5.41, 5.74) is 3.32. The zero-order valence-electron chi connectivity index (χ0n) is 44.6. The molecule has 0 saturated heterocycles. The van der Waals surface area contributed by atoms with E-state index in [1.54, 1.807) is 79.1 Å². The number of alkyl carbamates (subject to hydrolysis) is 1. The number of hydrogen-bond donors (Lipinski definition) is 6. The van der Waals surface area contributed by atoms with Crippen molar-refractivity contribution in [1.29, 1.82) is 0 Å². The molecule has 19 nitrogen and oxygen atoms in total. The molecular weight excluding hydrogens is 965 g/mol. The first-order valence-corrected chi connectivity index (χ1v) is 24.4. The number of nitrogens with two attached hydrogens (primary N) is 1. The Hall–Kier alpha value is -6.90. The van der Waals surface area contributed by atoms with E-state index in [0.717, 1.165) is 23.8 Å². The number of carbonyl (C=O) groups is 8. The highest BCUT2D eigenvalue weighted by atomic mass is 19.1. The Morgan fingerprint density at radius 2 is 1.34 bits per heavy atom. The number of nitrogens with zero attached hydrogens (tertiary/aromatic N) is 2. The summed E-state index contributed by atoms with van der Waals surface area (Å²) < 4.78 is 47.9. The van der Waals surface area contributed by atoms with Gasteiger partial charge in [-0.15, -0.1) is 0 Å². The SMILES string of the molecule is CC(C)(C)OC(=O)CC[C@@H](NC(=O)CCNC(=O)[C@H](CCN(C(=O)CO)[C@@H](c1cc(-c2cc(F)ccc2F)cn1Cc1ccccc1)C(C)(C)C)NC(=O)[C@H](CC(N)=O)NC(=O)OC(C)(C)C)C(=O)OC(C)(C)C. The molecule has 3 rings (SSSR count). The van der Waals surface area contributed by atoms with Gasteiger partial charge in [0.2, 0.25) is 29.5 Å². The van der Waals surface area contributed by atoms with Gasteiger partial charge in [-0.1, -0.05) is 51.1 Å². The van der Waals surface area contributed by atoms with Crippen molar-refractivity contribution < 1.29 is 66.5 Å². The first kappa shape index (κ1) is 61.4. The van der Waals surface area contributed by atoms with Gasteiger partial charge in [-0.3, -0.25) is 28.8 Å². The number of benzene rings is 2. The van der Waals surface area contributed by atoms with Crippen LogP contribution in [0.4, 0.5) is 13.6 Å². The molecule has 7 N–H and O–H groups in total. The van der Waals surface area contributed by atoms with Crippen molar-refractivity contribution in [2.24, 2.45) is 11.1 Å². The van der Waals surface area contributed by atoms with Gasteiger partial charge in [0.15, 0.2) is 0 Å². The number of carbonyl (C=O) groups excluding carboxylic acids is 8. The summed E-state index contributed by atoms with van der Waals surface area (Å²) in [5.74, 6) is -7.28. The standard InChI is InChI=1S/C53H75F2N7O12/c1-50(2,3)45(40-26-33(35-27-34(54)18-19-36(35)55)30-61(40)29-32-16-14-13-15-17-32)62(43(66)31-63)25-23-37(59-47(69)39(28-41(56)64)60-49(71)74-53(10,11)12)46(68)57-24-22-42(65)58-38(48(70)73-52(7,8)9)20-21-44(67)72-51(4,5)6/h13-19,26-27,30,37-39,45,63H,20-25,28-29,31H2,1-12H3,(H2,56,64)(H,57,68)(H,58,65)(H,59,69)(H,60,71)/t37-,38+,39-,45-/m0/s1. The predicted molar refractivity (Wildman–Crippen MR) is 270 cm³/mol. The van der Waals surface area contributed by atoms with E-state index in [-0.39, 0.29) is 50.0 Å². The summed E-state index contributed by atoms with van der Waals surface area (Å²) in [6, 6.07) is 8.40. The van der Waals surface area contributed by atoms with Crippen LogP contribution in [0.15, 0.2) is 60.8 Å². The van der Waals surface area contributed by atoms with Crippen LogP contribution in [-0.2, 0) is 54.3 Å². The highest BCUT2D eigenvalue weighted by Crippen LogP contribution is 2.41. The number of aliphatic hydroxyl groups is 1. The lowest BCUT2D eigenvalue weighted by atomic mass is 9.82. The van der Waals surface area contributed by atoms with Gasteiger partial charge < -0.3 is 55.8 Å². The molecule has 1 heterocycles. The molecule has 0 bridgehead atoms. The minimum Gasteiger partial charge on any atom is -0.460 e. The monoisotopic (exact) mass is 1040 g/mol. The molecule has 0 fully saturated rings. The Balaban J connectivity index is 2.05. The number of halogens is 2. The fourth-order valence-electron chi connectivity index (χ4n) is 7.74. The Bertz CT molecular complexity index is 2450. The lowest BCUT2D eigenvalue weighted by molar-refractivity contribution is -0.160. The zero-order valence-corrected chi connectivity index (χ0v) is 44.6. The summed E-state index contributed by atoms with van der Waals surface area (Å²) in [6.45, 7) is 18.6. The van der Waals surface area contributed by atoms with E-state index < -0.39 is 125 Å². The maximum Gasteiger partial charge on any atom is 0.408 e. The van der Waals surface area contributed by atoms with Gasteiger partial charge in [-0.25, -0.2) is 18.4 Å². The van der Waals surface area contributed by atoms with Crippen LogP contribution in [0.25, 0.3) is 11.1 Å². The van der Waals surface area contributed by atoms with E-state index in [1.807, 2.05) is 51.1 Å². The van der Waals surface area contributed by atoms with E-state index >= 15 is 4.39 Å². The van der Waals surface area contributed by atoms with Crippen LogP contribution >= 0.6 is 0 Å². The van der Waals surface area contributed by atoms with Crippen LogP contribution in [0, 0.1) is 17.0 Å². The third-order valence-electron chi connectivity index (χ3n) is 10.7. The van der Waals surface area contributed by atoms with Gasteiger partial charge >= 0.3 is 18.0 Å². The van der Waals surface area contributed by atoms with Crippen LogP contribution in [0.1, 0.15) is 132 Å². The van der Waals surface area contributed by atoms with E-state index in [1.165, 1.54) is 4.90 Å². The highest BCUT2D eigenvalue weighted by molar-refractivity contribution is 5.94. The van der Waals surface area contributed by atoms with E-state index in [2.05, 4.69) is 21.3 Å². The molecule has 0 aliphatic heterocycles. The van der Waals surface area contributed by atoms with E-state index in [9.17, 15) is 47.9 Å². The number of amides is 6. The number of primary amides is 1. The van der Waals surface area contributed by atoms with Crippen molar-refractivity contribution in [3.8, 4) is 11.1 Å². The maximum atomic E-state index is 15.4. The van der Waals surface area contributed by atoms with Crippen LogP contribution < -0.4 is 27.0 Å². The van der Waals surface area contributed by atoms with Crippen molar-refractivity contribution in [3.63, 3.8) is 0 Å². The van der Waals surface area contributed by atoms with E-state index in [0.29, 0.717) is 5.69 Å². The topological polar surface area (TPSA) is 267 Å². The molecular formula is C53H75F2N7O12. The van der Waals surface area contributed by atoms with Gasteiger partial charge in [0.25, 0.3) is 0 Å². The number of esters is 2. The molecule has 0 unspecified atom stereocenters. The third kappa shape index (κ3) is 20.9.